The van der Waals surface area contributed by atoms with Crippen LogP contribution in [-0.4, -0.2) is 6.18 Å². The lowest BCUT2D eigenvalue weighted by Crippen LogP contribution is -2.29. The third-order valence-electron chi connectivity index (χ3n) is 20.9. The van der Waals surface area contributed by atoms with Crippen molar-refractivity contribution in [3.8, 4) is 0 Å². The van der Waals surface area contributed by atoms with Gasteiger partial charge in [-0.15, -0.1) is 0 Å². The number of benzene rings is 6. The van der Waals surface area contributed by atoms with E-state index in [4.69, 9.17) is 0 Å². The molecule has 0 amide bonds. The maximum Gasteiger partial charge on any atom is 0.391 e. The lowest BCUT2D eigenvalue weighted by atomic mass is 9.77. The number of rotatable bonds is 12. The zero-order chi connectivity index (χ0) is 72.1. The first-order valence-electron chi connectivity index (χ1n) is 38.6. The van der Waals surface area contributed by atoms with E-state index in [0.717, 1.165) is 72.0 Å². The summed E-state index contributed by atoms with van der Waals surface area (Å²) in [5, 5.41) is 0. The first-order valence-corrected chi connectivity index (χ1v) is 38.6. The molecule has 10 rings (SSSR count). The Kier molecular flexibility index (Phi) is 50.6. The summed E-state index contributed by atoms with van der Waals surface area (Å²) in [6, 6.07) is 56.4. The van der Waals surface area contributed by atoms with E-state index in [2.05, 4.69) is 324 Å². The topological polar surface area (TPSA) is 0 Å². The molecule has 0 nitrogen and oxygen atoms in total. The molecule has 4 fully saturated rings. The van der Waals surface area contributed by atoms with Gasteiger partial charge in [-0.3, -0.25) is 0 Å². The van der Waals surface area contributed by atoms with Gasteiger partial charge in [0.15, 0.2) is 0 Å². The van der Waals surface area contributed by atoms with Crippen LogP contribution >= 0.6 is 0 Å². The number of alkyl halides is 3. The summed E-state index contributed by atoms with van der Waals surface area (Å²) in [5.41, 5.74) is 14.0. The second kappa shape index (κ2) is 52.1. The van der Waals surface area contributed by atoms with E-state index < -0.39 is 12.1 Å². The van der Waals surface area contributed by atoms with Gasteiger partial charge in [-0.1, -0.05) is 366 Å². The molecular formula is C96H157F3. The number of hydrogen-bond donors (Lipinski definition) is 0. The van der Waals surface area contributed by atoms with Crippen LogP contribution in [0.5, 0.6) is 0 Å². The van der Waals surface area contributed by atoms with Gasteiger partial charge in [0.2, 0.25) is 0 Å². The average molecular weight is 1370 g/mol. The monoisotopic (exact) mass is 1370 g/mol. The zero-order valence-electron chi connectivity index (χ0n) is 66.1. The van der Waals surface area contributed by atoms with E-state index in [1.54, 1.807) is 0 Å². The van der Waals surface area contributed by atoms with Crippen molar-refractivity contribution in [2.75, 3.05) is 0 Å². The lowest BCUT2D eigenvalue weighted by Gasteiger charge is -2.31. The standard InChI is InChI=1S/C12H16.C11H16.C10H17F3.2C10H20.4C10H14.3CH4/c1-9(2)11-8-12(11)10-6-4-3-5-7-10;1-10(2)8-9-11-6-4-3-5-7-11;1-7(2)8-3-5-9(6-4-8)10(11,12)13;6*1-8(2)10-6-4-9(3)5-7-10;;;/h3-7,9,11-12H,8H2,1-2H3;3-7,10H,8-9H2,1-2H3;7-9H,3-6H2,1-2H3;2*8-10H,4-7H2,1-3H3;4*4-8H,1-3H3;3*1H4. The van der Waals surface area contributed by atoms with Gasteiger partial charge in [-0.2, -0.15) is 13.2 Å². The summed E-state index contributed by atoms with van der Waals surface area (Å²) in [5.74, 6) is 12.1. The summed E-state index contributed by atoms with van der Waals surface area (Å²) < 4.78 is 36.8. The molecule has 0 aromatic heterocycles. The van der Waals surface area contributed by atoms with Crippen LogP contribution in [0, 0.1) is 98.7 Å². The smallest absolute Gasteiger partial charge is 0.171 e. The number of hydrogen-bond acceptors (Lipinski definition) is 0. The van der Waals surface area contributed by atoms with Crippen molar-refractivity contribution < 1.29 is 13.2 Å². The fourth-order valence-corrected chi connectivity index (χ4v) is 13.0. The highest BCUT2D eigenvalue weighted by Gasteiger charge is 2.42. The van der Waals surface area contributed by atoms with Crippen LogP contribution in [0.2, 0.25) is 0 Å². The maximum absolute atomic E-state index is 12.3. The molecule has 2 unspecified atom stereocenters. The molecule has 4 saturated carbocycles. The van der Waals surface area contributed by atoms with Crippen LogP contribution in [0.15, 0.2) is 158 Å². The largest absolute Gasteiger partial charge is 0.391 e. The van der Waals surface area contributed by atoms with Crippen molar-refractivity contribution >= 4 is 0 Å². The Morgan fingerprint density at radius 1 is 0.333 bits per heavy atom. The second-order valence-corrected chi connectivity index (χ2v) is 32.8. The van der Waals surface area contributed by atoms with Gasteiger partial charge in [-0.25, -0.2) is 0 Å². The van der Waals surface area contributed by atoms with Crippen molar-refractivity contribution in [3.63, 3.8) is 0 Å². The quantitative estimate of drug-likeness (QED) is 0.115. The molecule has 562 valence electrons. The molecular weight excluding hydrogens is 1210 g/mol. The third kappa shape index (κ3) is 43.0. The molecule has 0 heterocycles. The minimum absolute atomic E-state index is 0. The van der Waals surface area contributed by atoms with Crippen LogP contribution in [0.1, 0.15) is 336 Å². The van der Waals surface area contributed by atoms with Crippen LogP contribution in [0.25, 0.3) is 0 Å². The Labute approximate surface area is 614 Å². The van der Waals surface area contributed by atoms with Crippen LogP contribution in [-0.2, 0) is 6.42 Å². The first-order chi connectivity index (χ1) is 45.2. The number of halogens is 3. The molecule has 2 atom stereocenters. The van der Waals surface area contributed by atoms with Crippen LogP contribution in [0.4, 0.5) is 13.2 Å². The zero-order valence-corrected chi connectivity index (χ0v) is 66.1. The van der Waals surface area contributed by atoms with Crippen molar-refractivity contribution in [1.29, 1.82) is 0 Å². The predicted octanol–water partition coefficient (Wildman–Crippen LogP) is 32.1. The highest BCUT2D eigenvalue weighted by atomic mass is 19.4. The SMILES string of the molecule is C.C.C.CC(C)C1CC1c1ccccc1.CC(C)C1CCC(C(F)(F)F)CC1.CC(C)CCc1ccccc1.CC1CCC(C(C)C)CC1.CC1CCC(C(C)C)CC1.Cc1ccc(C(C)C)cc1.Cc1ccc(C(C)C)cc1.Cc1ccc(C(C)C)cc1.Cc1ccc(C(C)C)cc1. The summed E-state index contributed by atoms with van der Waals surface area (Å²) in [4.78, 5) is 0. The Morgan fingerprint density at radius 3 is 0.818 bits per heavy atom. The van der Waals surface area contributed by atoms with Crippen molar-refractivity contribution in [2.24, 2.45) is 71.0 Å². The average Bonchev–Trinajstić information content (AvgIpc) is 1.65. The molecule has 0 spiro atoms. The van der Waals surface area contributed by atoms with E-state index in [9.17, 15) is 13.2 Å². The molecule has 0 saturated heterocycles. The minimum atomic E-state index is -3.96. The Hall–Kier alpha value is -4.89. The highest BCUT2D eigenvalue weighted by Crippen LogP contribution is 2.51. The molecule has 4 aliphatic carbocycles. The summed E-state index contributed by atoms with van der Waals surface area (Å²) in [6.07, 6.45) is 14.0. The molecule has 0 aliphatic heterocycles. The molecule has 0 N–H and O–H groups in total. The van der Waals surface area contributed by atoms with Crippen LogP contribution < -0.4 is 0 Å². The lowest BCUT2D eigenvalue weighted by molar-refractivity contribution is -0.184. The number of aryl methyl sites for hydroxylation is 5. The fourth-order valence-electron chi connectivity index (χ4n) is 13.0. The Bertz CT molecular complexity index is 2550. The molecule has 0 bridgehead atoms. The Balaban J connectivity index is 0. The van der Waals surface area contributed by atoms with E-state index in [0.29, 0.717) is 48.3 Å². The van der Waals surface area contributed by atoms with Crippen LogP contribution in [0.3, 0.4) is 0 Å². The van der Waals surface area contributed by atoms with Gasteiger partial charge in [0.25, 0.3) is 0 Å². The van der Waals surface area contributed by atoms with Crippen molar-refractivity contribution in [2.45, 2.75) is 321 Å². The minimum Gasteiger partial charge on any atom is -0.171 e. The van der Waals surface area contributed by atoms with E-state index in [-0.39, 0.29) is 22.3 Å². The van der Waals surface area contributed by atoms with Gasteiger partial charge in [0, 0.05) is 0 Å². The van der Waals surface area contributed by atoms with E-state index >= 15 is 0 Å². The molecule has 6 aromatic rings. The third-order valence-corrected chi connectivity index (χ3v) is 20.9. The normalized spacial score (nSPS) is 19.8. The van der Waals surface area contributed by atoms with Gasteiger partial charge in [0.1, 0.15) is 0 Å². The van der Waals surface area contributed by atoms with Gasteiger partial charge in [0.05, 0.1) is 5.92 Å². The van der Waals surface area contributed by atoms with Gasteiger partial charge in [-0.05, 0) is 226 Å². The second-order valence-electron chi connectivity index (χ2n) is 32.8. The summed E-state index contributed by atoms with van der Waals surface area (Å²) in [6.45, 7) is 53.8. The van der Waals surface area contributed by atoms with E-state index in [1.165, 1.54) is 126 Å². The Morgan fingerprint density at radius 2 is 0.596 bits per heavy atom. The van der Waals surface area contributed by atoms with Crippen molar-refractivity contribution in [1.82, 2.24) is 0 Å². The molecule has 99 heavy (non-hydrogen) atoms. The van der Waals surface area contributed by atoms with Gasteiger partial charge >= 0.3 is 6.18 Å². The summed E-state index contributed by atoms with van der Waals surface area (Å²) >= 11 is 0. The fraction of sp³-hybridized carbons (Fsp3) is 0.625. The molecule has 4 aliphatic rings. The van der Waals surface area contributed by atoms with Gasteiger partial charge < -0.3 is 0 Å². The predicted molar refractivity (Wildman–Crippen MR) is 441 cm³/mol. The van der Waals surface area contributed by atoms with E-state index in [1.807, 2.05) is 0 Å². The molecule has 3 heteroatoms. The molecule has 0 radical (unpaired) electrons. The van der Waals surface area contributed by atoms with Crippen molar-refractivity contribution in [3.05, 3.63) is 213 Å². The highest BCUT2D eigenvalue weighted by molar-refractivity contribution is 5.28. The first kappa shape index (κ1) is 96.2. The molecule has 6 aromatic carbocycles. The summed E-state index contributed by atoms with van der Waals surface area (Å²) in [7, 11) is 0. The maximum atomic E-state index is 12.3.